The zero-order valence-corrected chi connectivity index (χ0v) is 11.6. The Morgan fingerprint density at radius 2 is 1.29 bits per heavy atom. The Balaban J connectivity index is 0.000000181. The standard InChI is InChI=1S/C7H15BO2.C7H14/c1-6-4-2-3-5-7(6)8(9)10;1-7-5-3-2-4-6-7/h6-7,9-10H,2-5H2,1H3;7H,2-6H2,1H3. The Kier molecular flexibility index (Phi) is 7.21. The predicted octanol–water partition coefficient (Wildman–Crippen LogP) is 3.63. The van der Waals surface area contributed by atoms with Gasteiger partial charge in [-0.25, -0.2) is 0 Å². The first-order valence-electron chi connectivity index (χ1n) is 7.47. The molecule has 0 aromatic heterocycles. The lowest BCUT2D eigenvalue weighted by molar-refractivity contribution is 0.301. The van der Waals surface area contributed by atoms with Crippen LogP contribution in [0.5, 0.6) is 0 Å². The van der Waals surface area contributed by atoms with Gasteiger partial charge in [-0.15, -0.1) is 0 Å². The van der Waals surface area contributed by atoms with Crippen molar-refractivity contribution in [1.82, 2.24) is 0 Å². The van der Waals surface area contributed by atoms with Gasteiger partial charge in [-0.3, -0.25) is 0 Å². The van der Waals surface area contributed by atoms with E-state index >= 15 is 0 Å². The minimum Gasteiger partial charge on any atom is -0.427 e. The van der Waals surface area contributed by atoms with Gasteiger partial charge in [0.1, 0.15) is 0 Å². The Bertz CT molecular complexity index is 191. The molecule has 2 aliphatic carbocycles. The minimum absolute atomic E-state index is 0.133. The Labute approximate surface area is 107 Å². The van der Waals surface area contributed by atoms with Crippen molar-refractivity contribution in [3.8, 4) is 0 Å². The summed E-state index contributed by atoms with van der Waals surface area (Å²) in [7, 11) is -1.09. The first-order chi connectivity index (χ1) is 8.11. The molecule has 2 fully saturated rings. The quantitative estimate of drug-likeness (QED) is 0.687. The van der Waals surface area contributed by atoms with Crippen molar-refractivity contribution in [3.63, 3.8) is 0 Å². The van der Waals surface area contributed by atoms with Crippen LogP contribution in [0.3, 0.4) is 0 Å². The molecule has 0 heterocycles. The lowest BCUT2D eigenvalue weighted by atomic mass is 9.60. The molecule has 2 saturated carbocycles. The summed E-state index contributed by atoms with van der Waals surface area (Å²) >= 11 is 0. The third-order valence-electron chi connectivity index (χ3n) is 4.45. The average molecular weight is 240 g/mol. The van der Waals surface area contributed by atoms with Gasteiger partial charge in [0.05, 0.1) is 0 Å². The second-order valence-corrected chi connectivity index (χ2v) is 6.08. The van der Waals surface area contributed by atoms with E-state index in [0.29, 0.717) is 5.92 Å². The molecular weight excluding hydrogens is 211 g/mol. The zero-order chi connectivity index (χ0) is 12.7. The molecule has 17 heavy (non-hydrogen) atoms. The third kappa shape index (κ3) is 5.92. The molecule has 2 rings (SSSR count). The van der Waals surface area contributed by atoms with Crippen LogP contribution < -0.4 is 0 Å². The number of rotatable bonds is 1. The fourth-order valence-electron chi connectivity index (χ4n) is 3.09. The topological polar surface area (TPSA) is 40.5 Å². The number of hydrogen-bond acceptors (Lipinski definition) is 2. The van der Waals surface area contributed by atoms with Crippen molar-refractivity contribution < 1.29 is 10.0 Å². The van der Waals surface area contributed by atoms with Gasteiger partial charge < -0.3 is 10.0 Å². The maximum Gasteiger partial charge on any atom is 0.455 e. The fourth-order valence-corrected chi connectivity index (χ4v) is 3.09. The van der Waals surface area contributed by atoms with E-state index < -0.39 is 7.12 Å². The van der Waals surface area contributed by atoms with Crippen molar-refractivity contribution >= 4 is 7.12 Å². The molecule has 2 aliphatic rings. The highest BCUT2D eigenvalue weighted by molar-refractivity contribution is 6.43. The summed E-state index contributed by atoms with van der Waals surface area (Å²) < 4.78 is 0. The Morgan fingerprint density at radius 1 is 0.765 bits per heavy atom. The van der Waals surface area contributed by atoms with Crippen LogP contribution in [-0.4, -0.2) is 17.2 Å². The van der Waals surface area contributed by atoms with Crippen molar-refractivity contribution in [2.24, 2.45) is 11.8 Å². The Hall–Kier alpha value is -0.0151. The molecule has 0 amide bonds. The summed E-state index contributed by atoms with van der Waals surface area (Å²) in [6, 6.07) is 0. The highest BCUT2D eigenvalue weighted by atomic mass is 16.4. The largest absolute Gasteiger partial charge is 0.455 e. The molecule has 0 spiro atoms. The molecule has 2 N–H and O–H groups in total. The molecule has 0 bridgehead atoms. The van der Waals surface area contributed by atoms with Gasteiger partial charge in [0.15, 0.2) is 0 Å². The summed E-state index contributed by atoms with van der Waals surface area (Å²) in [6.45, 7) is 4.46. The van der Waals surface area contributed by atoms with Crippen LogP contribution in [0.15, 0.2) is 0 Å². The van der Waals surface area contributed by atoms with Gasteiger partial charge in [0, 0.05) is 0 Å². The summed E-state index contributed by atoms with van der Waals surface area (Å²) in [4.78, 5) is 0. The predicted molar refractivity (Wildman–Crippen MR) is 73.8 cm³/mol. The summed E-state index contributed by atoms with van der Waals surface area (Å²) in [5.41, 5.74) is 0. The fraction of sp³-hybridized carbons (Fsp3) is 1.00. The second-order valence-electron chi connectivity index (χ2n) is 6.08. The van der Waals surface area contributed by atoms with E-state index in [1.807, 2.05) is 0 Å². The molecule has 0 aliphatic heterocycles. The molecule has 2 unspecified atom stereocenters. The van der Waals surface area contributed by atoms with Gasteiger partial charge in [-0.2, -0.15) is 0 Å². The first-order valence-corrected chi connectivity index (χ1v) is 7.47. The summed E-state index contributed by atoms with van der Waals surface area (Å²) in [5.74, 6) is 1.66. The third-order valence-corrected chi connectivity index (χ3v) is 4.45. The first kappa shape index (κ1) is 15.0. The highest BCUT2D eigenvalue weighted by Gasteiger charge is 2.30. The van der Waals surface area contributed by atoms with Crippen LogP contribution in [0, 0.1) is 11.8 Å². The molecule has 0 aromatic rings. The molecule has 2 atom stereocenters. The van der Waals surface area contributed by atoms with E-state index in [-0.39, 0.29) is 5.82 Å². The smallest absolute Gasteiger partial charge is 0.427 e. The Morgan fingerprint density at radius 3 is 1.65 bits per heavy atom. The maximum atomic E-state index is 8.90. The summed E-state index contributed by atoms with van der Waals surface area (Å²) in [6.07, 6.45) is 12.0. The monoisotopic (exact) mass is 240 g/mol. The van der Waals surface area contributed by atoms with Crippen molar-refractivity contribution in [2.45, 2.75) is 77.5 Å². The SMILES string of the molecule is CC1CCCCC1.CC1CCCCC1B(O)O. The van der Waals surface area contributed by atoms with Gasteiger partial charge >= 0.3 is 7.12 Å². The summed E-state index contributed by atoms with van der Waals surface area (Å²) in [5, 5.41) is 17.8. The zero-order valence-electron chi connectivity index (χ0n) is 11.6. The van der Waals surface area contributed by atoms with Crippen molar-refractivity contribution in [1.29, 1.82) is 0 Å². The van der Waals surface area contributed by atoms with Crippen LogP contribution in [0.1, 0.15) is 71.6 Å². The lowest BCUT2D eigenvalue weighted by Crippen LogP contribution is -2.27. The molecule has 0 aromatic carbocycles. The molecule has 2 nitrogen and oxygen atoms in total. The second kappa shape index (κ2) is 8.15. The van der Waals surface area contributed by atoms with E-state index in [2.05, 4.69) is 13.8 Å². The van der Waals surface area contributed by atoms with Gasteiger partial charge in [0.2, 0.25) is 0 Å². The van der Waals surface area contributed by atoms with Crippen LogP contribution >= 0.6 is 0 Å². The maximum absolute atomic E-state index is 8.90. The van der Waals surface area contributed by atoms with Crippen molar-refractivity contribution in [2.75, 3.05) is 0 Å². The van der Waals surface area contributed by atoms with Gasteiger partial charge in [-0.05, 0) is 17.7 Å². The molecule has 100 valence electrons. The highest BCUT2D eigenvalue weighted by Crippen LogP contribution is 2.34. The molecule has 0 saturated heterocycles. The van der Waals surface area contributed by atoms with Crippen LogP contribution in [0.4, 0.5) is 0 Å². The van der Waals surface area contributed by atoms with E-state index in [4.69, 9.17) is 10.0 Å². The van der Waals surface area contributed by atoms with Gasteiger partial charge in [-0.1, -0.05) is 71.6 Å². The van der Waals surface area contributed by atoms with Gasteiger partial charge in [0.25, 0.3) is 0 Å². The minimum atomic E-state index is -1.09. The molecule has 3 heteroatoms. The van der Waals surface area contributed by atoms with E-state index in [9.17, 15) is 0 Å². The number of hydrogen-bond donors (Lipinski definition) is 2. The van der Waals surface area contributed by atoms with Crippen LogP contribution in [-0.2, 0) is 0 Å². The normalized spacial score (nSPS) is 30.4. The molecular formula is C14H29BO2. The molecule has 0 radical (unpaired) electrons. The van der Waals surface area contributed by atoms with E-state index in [1.165, 1.54) is 38.5 Å². The van der Waals surface area contributed by atoms with E-state index in [0.717, 1.165) is 25.2 Å². The van der Waals surface area contributed by atoms with Crippen LogP contribution in [0.25, 0.3) is 0 Å². The van der Waals surface area contributed by atoms with Crippen LogP contribution in [0.2, 0.25) is 5.82 Å². The van der Waals surface area contributed by atoms with E-state index in [1.54, 1.807) is 0 Å². The lowest BCUT2D eigenvalue weighted by Gasteiger charge is -2.27. The van der Waals surface area contributed by atoms with Crippen molar-refractivity contribution in [3.05, 3.63) is 0 Å². The average Bonchev–Trinajstić information content (AvgIpc) is 2.31.